The summed E-state index contributed by atoms with van der Waals surface area (Å²) < 4.78 is 0. The lowest BCUT2D eigenvalue weighted by Crippen LogP contribution is -2.49. The molecule has 0 saturated heterocycles. The Hall–Kier alpha value is -5.45. The second kappa shape index (κ2) is 10.9. The van der Waals surface area contributed by atoms with Crippen LogP contribution in [0.25, 0.3) is 67.5 Å². The summed E-state index contributed by atoms with van der Waals surface area (Å²) in [7, 11) is -1.83. The minimum Gasteiger partial charge on any atom is -0.208 e. The lowest BCUT2D eigenvalue weighted by Gasteiger charge is -2.19. The van der Waals surface area contributed by atoms with Crippen molar-refractivity contribution in [1.29, 1.82) is 0 Å². The standard InChI is InChI=1S/C41H31N3Si/c1-45(2)37-16-10-9-15-35(37)36-26-25-34(27-38(36)45)41-43-39(32-13-7-4-8-14-32)42-40(44-41)33-23-21-31(22-24-33)30-19-17-29(18-20-30)28-11-5-3-6-12-28/h3-27H,1-2H3. The molecule has 0 N–H and O–H groups in total. The quantitative estimate of drug-likeness (QED) is 0.187. The first-order valence-electron chi connectivity index (χ1n) is 15.4. The van der Waals surface area contributed by atoms with Crippen LogP contribution in [-0.4, -0.2) is 23.0 Å². The van der Waals surface area contributed by atoms with Gasteiger partial charge >= 0.3 is 0 Å². The lowest BCUT2D eigenvalue weighted by atomic mass is 9.99. The van der Waals surface area contributed by atoms with E-state index in [2.05, 4.69) is 140 Å². The molecule has 214 valence electrons. The highest BCUT2D eigenvalue weighted by Crippen LogP contribution is 2.32. The average molecular weight is 594 g/mol. The molecule has 0 saturated carbocycles. The molecule has 2 heterocycles. The molecule has 0 amide bonds. The van der Waals surface area contributed by atoms with Crippen LogP contribution in [0.15, 0.2) is 152 Å². The molecule has 0 spiro atoms. The Morgan fingerprint density at radius 3 is 1.29 bits per heavy atom. The van der Waals surface area contributed by atoms with Gasteiger partial charge in [0.25, 0.3) is 0 Å². The minimum atomic E-state index is -1.83. The van der Waals surface area contributed by atoms with Crippen molar-refractivity contribution in [1.82, 2.24) is 15.0 Å². The fourth-order valence-electron chi connectivity index (χ4n) is 6.49. The molecule has 0 radical (unpaired) electrons. The number of benzene rings is 6. The van der Waals surface area contributed by atoms with Crippen molar-refractivity contribution in [3.63, 3.8) is 0 Å². The van der Waals surface area contributed by atoms with E-state index >= 15 is 0 Å². The molecule has 1 aliphatic rings. The zero-order chi connectivity index (χ0) is 30.4. The first-order chi connectivity index (χ1) is 22.0. The van der Waals surface area contributed by atoms with Crippen LogP contribution in [0.5, 0.6) is 0 Å². The van der Waals surface area contributed by atoms with Gasteiger partial charge in [0.15, 0.2) is 17.5 Å². The smallest absolute Gasteiger partial charge is 0.164 e. The van der Waals surface area contributed by atoms with Gasteiger partial charge in [0.2, 0.25) is 0 Å². The summed E-state index contributed by atoms with van der Waals surface area (Å²) in [6.45, 7) is 4.87. The summed E-state index contributed by atoms with van der Waals surface area (Å²) >= 11 is 0. The van der Waals surface area contributed by atoms with Gasteiger partial charge in [0.1, 0.15) is 8.07 Å². The molecular weight excluding hydrogens is 563 g/mol. The third-order valence-corrected chi connectivity index (χ3v) is 12.5. The van der Waals surface area contributed by atoms with Crippen LogP contribution in [0.3, 0.4) is 0 Å². The molecule has 0 unspecified atom stereocenters. The third-order valence-electron chi connectivity index (χ3n) is 8.98. The van der Waals surface area contributed by atoms with Gasteiger partial charge in [-0.1, -0.05) is 165 Å². The fourth-order valence-corrected chi connectivity index (χ4v) is 9.59. The normalized spacial score (nSPS) is 12.8. The van der Waals surface area contributed by atoms with Gasteiger partial charge in [-0.05, 0) is 43.8 Å². The number of hydrogen-bond acceptors (Lipinski definition) is 3. The van der Waals surface area contributed by atoms with Crippen molar-refractivity contribution < 1.29 is 0 Å². The van der Waals surface area contributed by atoms with Crippen LogP contribution in [0.1, 0.15) is 0 Å². The first kappa shape index (κ1) is 27.1. The Morgan fingerprint density at radius 2 is 0.711 bits per heavy atom. The van der Waals surface area contributed by atoms with Crippen molar-refractivity contribution >= 4 is 18.4 Å². The van der Waals surface area contributed by atoms with Crippen LogP contribution in [0.2, 0.25) is 13.1 Å². The van der Waals surface area contributed by atoms with E-state index in [1.807, 2.05) is 24.3 Å². The maximum atomic E-state index is 5.06. The van der Waals surface area contributed by atoms with E-state index in [-0.39, 0.29) is 0 Å². The Bertz CT molecular complexity index is 2160. The number of aromatic nitrogens is 3. The van der Waals surface area contributed by atoms with Crippen molar-refractivity contribution in [3.05, 3.63) is 152 Å². The van der Waals surface area contributed by atoms with Crippen LogP contribution in [0.4, 0.5) is 0 Å². The summed E-state index contributed by atoms with van der Waals surface area (Å²) in [5.74, 6) is 2.05. The summed E-state index contributed by atoms with van der Waals surface area (Å²) in [6.07, 6.45) is 0. The van der Waals surface area contributed by atoms with E-state index in [0.29, 0.717) is 17.5 Å². The molecule has 0 aliphatic carbocycles. The van der Waals surface area contributed by atoms with Crippen LogP contribution >= 0.6 is 0 Å². The zero-order valence-electron chi connectivity index (χ0n) is 25.3. The molecule has 8 rings (SSSR count). The Kier molecular flexibility index (Phi) is 6.58. The summed E-state index contributed by atoms with van der Waals surface area (Å²) in [5, 5.41) is 2.93. The van der Waals surface area contributed by atoms with E-state index in [1.165, 1.54) is 38.2 Å². The molecule has 0 atom stereocenters. The highest BCUT2D eigenvalue weighted by molar-refractivity contribution is 7.03. The van der Waals surface area contributed by atoms with Gasteiger partial charge in [-0.15, -0.1) is 0 Å². The van der Waals surface area contributed by atoms with Crippen molar-refractivity contribution in [2.45, 2.75) is 13.1 Å². The van der Waals surface area contributed by atoms with Gasteiger partial charge in [0.05, 0.1) is 0 Å². The number of nitrogens with zero attached hydrogens (tertiary/aromatic N) is 3. The number of fused-ring (bicyclic) bond motifs is 3. The molecule has 0 bridgehead atoms. The van der Waals surface area contributed by atoms with E-state index in [0.717, 1.165) is 22.3 Å². The van der Waals surface area contributed by atoms with E-state index in [9.17, 15) is 0 Å². The summed E-state index contributed by atoms with van der Waals surface area (Å²) in [4.78, 5) is 15.0. The minimum absolute atomic E-state index is 0.671. The molecular formula is C41H31N3Si. The van der Waals surface area contributed by atoms with Crippen molar-refractivity contribution in [3.8, 4) is 67.5 Å². The second-order valence-corrected chi connectivity index (χ2v) is 16.5. The second-order valence-electron chi connectivity index (χ2n) is 12.1. The van der Waals surface area contributed by atoms with Gasteiger partial charge in [-0.2, -0.15) is 0 Å². The molecule has 1 aliphatic heterocycles. The zero-order valence-corrected chi connectivity index (χ0v) is 26.3. The average Bonchev–Trinajstić information content (AvgIpc) is 3.34. The van der Waals surface area contributed by atoms with Gasteiger partial charge in [-0.25, -0.2) is 15.0 Å². The van der Waals surface area contributed by atoms with Gasteiger partial charge in [-0.3, -0.25) is 0 Å². The van der Waals surface area contributed by atoms with E-state index < -0.39 is 8.07 Å². The number of hydrogen-bond donors (Lipinski definition) is 0. The molecule has 1 aromatic heterocycles. The van der Waals surface area contributed by atoms with Crippen LogP contribution in [0, 0.1) is 0 Å². The topological polar surface area (TPSA) is 38.7 Å². The van der Waals surface area contributed by atoms with E-state index in [1.54, 1.807) is 0 Å². The molecule has 7 aromatic rings. The van der Waals surface area contributed by atoms with Crippen LogP contribution in [-0.2, 0) is 0 Å². The Morgan fingerprint density at radius 1 is 0.333 bits per heavy atom. The maximum absolute atomic E-state index is 5.06. The molecule has 0 fully saturated rings. The summed E-state index contributed by atoms with van der Waals surface area (Å²) in [5.41, 5.74) is 10.4. The van der Waals surface area contributed by atoms with Crippen LogP contribution < -0.4 is 10.4 Å². The van der Waals surface area contributed by atoms with Gasteiger partial charge < -0.3 is 0 Å². The van der Waals surface area contributed by atoms with Gasteiger partial charge in [0, 0.05) is 16.7 Å². The molecule has 3 nitrogen and oxygen atoms in total. The molecule has 4 heteroatoms. The predicted molar refractivity (Wildman–Crippen MR) is 189 cm³/mol. The largest absolute Gasteiger partial charge is 0.208 e. The van der Waals surface area contributed by atoms with E-state index in [4.69, 9.17) is 15.0 Å². The fraction of sp³-hybridized carbons (Fsp3) is 0.0488. The Labute approximate surface area is 265 Å². The molecule has 45 heavy (non-hydrogen) atoms. The maximum Gasteiger partial charge on any atom is 0.164 e. The Balaban J connectivity index is 1.17. The monoisotopic (exact) mass is 593 g/mol. The molecule has 6 aromatic carbocycles. The predicted octanol–water partition coefficient (Wildman–Crippen LogP) is 9.01. The third kappa shape index (κ3) is 4.90. The lowest BCUT2D eigenvalue weighted by molar-refractivity contribution is 1.07. The number of rotatable bonds is 5. The first-order valence-corrected chi connectivity index (χ1v) is 18.4. The highest BCUT2D eigenvalue weighted by atomic mass is 28.3. The SMILES string of the molecule is C[Si]1(C)c2ccccc2-c2ccc(-c3nc(-c4ccccc4)nc(-c4ccc(-c5ccc(-c6ccccc6)cc5)cc4)n3)cc21. The van der Waals surface area contributed by atoms with Crippen molar-refractivity contribution in [2.24, 2.45) is 0 Å². The highest BCUT2D eigenvalue weighted by Gasteiger charge is 2.37. The summed E-state index contributed by atoms with van der Waals surface area (Å²) in [6, 6.07) is 53.5. The van der Waals surface area contributed by atoms with Crippen molar-refractivity contribution in [2.75, 3.05) is 0 Å².